The van der Waals surface area contributed by atoms with E-state index in [2.05, 4.69) is 0 Å². The van der Waals surface area contributed by atoms with E-state index in [0.717, 1.165) is 6.42 Å². The summed E-state index contributed by atoms with van der Waals surface area (Å²) < 4.78 is 0. The molecule has 0 bridgehead atoms. The van der Waals surface area contributed by atoms with E-state index in [1.165, 1.54) is 0 Å². The minimum atomic E-state index is -0.361. The van der Waals surface area contributed by atoms with Crippen LogP contribution in [-0.4, -0.2) is 29.7 Å². The maximum absolute atomic E-state index is 8.92. The molecule has 0 heterocycles. The molecule has 0 spiro atoms. The SMILES string of the molecule is CCCO.O=CCO. The number of aliphatic hydroxyl groups is 2. The smallest absolute Gasteiger partial charge is 0.145 e. The van der Waals surface area contributed by atoms with Crippen molar-refractivity contribution in [1.29, 1.82) is 0 Å². The number of aldehydes is 1. The van der Waals surface area contributed by atoms with Crippen LogP contribution >= 0.6 is 0 Å². The van der Waals surface area contributed by atoms with Gasteiger partial charge in [-0.1, -0.05) is 6.92 Å². The summed E-state index contributed by atoms with van der Waals surface area (Å²) in [5.41, 5.74) is 0. The number of hydrogen-bond acceptors (Lipinski definition) is 3. The zero-order valence-electron chi connectivity index (χ0n) is 5.00. The molecule has 0 aromatic rings. The van der Waals surface area contributed by atoms with E-state index in [4.69, 9.17) is 15.0 Å². The van der Waals surface area contributed by atoms with Crippen LogP contribution in [0.5, 0.6) is 0 Å². The maximum Gasteiger partial charge on any atom is 0.145 e. The molecule has 3 heteroatoms. The lowest BCUT2D eigenvalue weighted by Gasteiger charge is -1.69. The van der Waals surface area contributed by atoms with Crippen molar-refractivity contribution in [2.45, 2.75) is 13.3 Å². The first-order valence-electron chi connectivity index (χ1n) is 2.48. The molecule has 0 radical (unpaired) electrons. The van der Waals surface area contributed by atoms with Crippen LogP contribution in [0.15, 0.2) is 0 Å². The summed E-state index contributed by atoms with van der Waals surface area (Å²) in [6.07, 6.45) is 1.31. The van der Waals surface area contributed by atoms with Crippen LogP contribution in [0.1, 0.15) is 13.3 Å². The van der Waals surface area contributed by atoms with E-state index in [9.17, 15) is 0 Å². The molecule has 0 aromatic carbocycles. The van der Waals surface area contributed by atoms with Crippen LogP contribution in [0.25, 0.3) is 0 Å². The van der Waals surface area contributed by atoms with Gasteiger partial charge in [-0.25, -0.2) is 0 Å². The molecule has 0 aliphatic heterocycles. The van der Waals surface area contributed by atoms with Gasteiger partial charge >= 0.3 is 0 Å². The predicted molar refractivity (Wildman–Crippen MR) is 30.5 cm³/mol. The van der Waals surface area contributed by atoms with Crippen LogP contribution in [0.3, 0.4) is 0 Å². The minimum absolute atomic E-state index is 0.319. The van der Waals surface area contributed by atoms with Gasteiger partial charge in [0.25, 0.3) is 0 Å². The first-order chi connectivity index (χ1) is 3.83. The third-order valence-electron chi connectivity index (χ3n) is 0.298. The standard InChI is InChI=1S/C3H8O.C2H4O2/c1-2-3-4;3-1-2-4/h4H,2-3H2,1H3;1,4H,2H2. The highest BCUT2D eigenvalue weighted by atomic mass is 16.3. The molecular weight excluding hydrogens is 108 g/mol. The third kappa shape index (κ3) is 46.6. The van der Waals surface area contributed by atoms with Gasteiger partial charge in [-0.05, 0) is 6.42 Å². The molecule has 0 amide bonds. The van der Waals surface area contributed by atoms with Crippen LogP contribution in [0, 0.1) is 0 Å². The summed E-state index contributed by atoms with van der Waals surface area (Å²) in [4.78, 5) is 8.92. The monoisotopic (exact) mass is 120 g/mol. The van der Waals surface area contributed by atoms with Crippen LogP contribution in [-0.2, 0) is 4.79 Å². The van der Waals surface area contributed by atoms with Gasteiger partial charge in [0.05, 0.1) is 6.61 Å². The molecule has 0 aliphatic carbocycles. The van der Waals surface area contributed by atoms with Gasteiger partial charge in [0, 0.05) is 6.61 Å². The van der Waals surface area contributed by atoms with E-state index in [1.807, 2.05) is 6.92 Å². The fourth-order valence-electron chi connectivity index (χ4n) is 0. The minimum Gasteiger partial charge on any atom is -0.396 e. The van der Waals surface area contributed by atoms with Crippen molar-refractivity contribution in [3.8, 4) is 0 Å². The number of carbonyl (C=O) groups is 1. The Balaban J connectivity index is 0. The average molecular weight is 120 g/mol. The van der Waals surface area contributed by atoms with E-state index >= 15 is 0 Å². The van der Waals surface area contributed by atoms with Crippen molar-refractivity contribution in [1.82, 2.24) is 0 Å². The van der Waals surface area contributed by atoms with Crippen molar-refractivity contribution in [2.75, 3.05) is 13.2 Å². The molecule has 0 saturated carbocycles. The molecule has 8 heavy (non-hydrogen) atoms. The Morgan fingerprint density at radius 2 is 1.75 bits per heavy atom. The first-order valence-corrected chi connectivity index (χ1v) is 2.48. The lowest BCUT2D eigenvalue weighted by atomic mass is 10.5. The Morgan fingerprint density at radius 1 is 1.50 bits per heavy atom. The van der Waals surface area contributed by atoms with Crippen molar-refractivity contribution in [3.63, 3.8) is 0 Å². The second-order valence-corrected chi connectivity index (χ2v) is 1.07. The third-order valence-corrected chi connectivity index (χ3v) is 0.298. The summed E-state index contributed by atoms with van der Waals surface area (Å²) in [6, 6.07) is 0. The molecule has 2 N–H and O–H groups in total. The Labute approximate surface area is 49.0 Å². The molecule has 0 fully saturated rings. The van der Waals surface area contributed by atoms with Gasteiger partial charge in [0.2, 0.25) is 0 Å². The lowest BCUT2D eigenvalue weighted by Crippen LogP contribution is -1.75. The van der Waals surface area contributed by atoms with E-state index in [0.29, 0.717) is 12.9 Å². The number of hydrogen-bond donors (Lipinski definition) is 2. The summed E-state index contributed by atoms with van der Waals surface area (Å²) in [7, 11) is 0. The Bertz CT molecular complexity index is 34.7. The van der Waals surface area contributed by atoms with Gasteiger partial charge in [-0.2, -0.15) is 0 Å². The molecule has 3 nitrogen and oxygen atoms in total. The van der Waals surface area contributed by atoms with Crippen molar-refractivity contribution in [2.24, 2.45) is 0 Å². The van der Waals surface area contributed by atoms with Crippen LogP contribution in [0.2, 0.25) is 0 Å². The van der Waals surface area contributed by atoms with Gasteiger partial charge in [-0.3, -0.25) is 0 Å². The average Bonchev–Trinajstić information content (AvgIpc) is 1.88. The zero-order chi connectivity index (χ0) is 6.83. The molecule has 50 valence electrons. The first kappa shape index (κ1) is 10.5. The highest BCUT2D eigenvalue weighted by Gasteiger charge is 1.57. The van der Waals surface area contributed by atoms with Crippen molar-refractivity contribution in [3.05, 3.63) is 0 Å². The highest BCUT2D eigenvalue weighted by Crippen LogP contribution is 1.61. The molecule has 0 aromatic heterocycles. The summed E-state index contributed by atoms with van der Waals surface area (Å²) >= 11 is 0. The maximum atomic E-state index is 8.92. The molecule has 0 atom stereocenters. The van der Waals surface area contributed by atoms with Crippen LogP contribution < -0.4 is 0 Å². The molecule has 0 unspecified atom stereocenters. The topological polar surface area (TPSA) is 57.5 Å². The zero-order valence-corrected chi connectivity index (χ0v) is 5.00. The van der Waals surface area contributed by atoms with E-state index in [1.54, 1.807) is 0 Å². The largest absolute Gasteiger partial charge is 0.396 e. The number of carbonyl (C=O) groups excluding carboxylic acids is 1. The van der Waals surface area contributed by atoms with E-state index in [-0.39, 0.29) is 6.61 Å². The van der Waals surface area contributed by atoms with Gasteiger partial charge < -0.3 is 15.0 Å². The molecular formula is C5H12O3. The second-order valence-electron chi connectivity index (χ2n) is 1.07. The highest BCUT2D eigenvalue weighted by molar-refractivity contribution is 5.49. The second kappa shape index (κ2) is 16.0. The van der Waals surface area contributed by atoms with Crippen LogP contribution in [0.4, 0.5) is 0 Å². The molecule has 0 aliphatic rings. The van der Waals surface area contributed by atoms with Gasteiger partial charge in [0.15, 0.2) is 0 Å². The normalized spacial score (nSPS) is 6.88. The predicted octanol–water partition coefficient (Wildman–Crippen LogP) is -0.434. The Hall–Kier alpha value is -0.410. The lowest BCUT2D eigenvalue weighted by molar-refractivity contribution is -0.110. The number of rotatable bonds is 2. The Morgan fingerprint density at radius 3 is 1.75 bits per heavy atom. The summed E-state index contributed by atoms with van der Waals surface area (Å²) in [5, 5.41) is 15.4. The van der Waals surface area contributed by atoms with Crippen molar-refractivity contribution < 1.29 is 15.0 Å². The quantitative estimate of drug-likeness (QED) is 0.486. The van der Waals surface area contributed by atoms with Gasteiger partial charge in [-0.15, -0.1) is 0 Å². The summed E-state index contributed by atoms with van der Waals surface area (Å²) in [6.45, 7) is 1.89. The fraction of sp³-hybridized carbons (Fsp3) is 0.800. The van der Waals surface area contributed by atoms with Crippen molar-refractivity contribution >= 4 is 6.29 Å². The summed E-state index contributed by atoms with van der Waals surface area (Å²) in [5.74, 6) is 0. The fourth-order valence-corrected chi connectivity index (χ4v) is 0. The Kier molecular flexibility index (Phi) is 21.1. The number of aliphatic hydroxyl groups excluding tert-OH is 2. The van der Waals surface area contributed by atoms with Gasteiger partial charge in [0.1, 0.15) is 6.29 Å². The molecule has 0 saturated heterocycles. The molecule has 0 rings (SSSR count). The van der Waals surface area contributed by atoms with E-state index < -0.39 is 0 Å².